The van der Waals surface area contributed by atoms with Gasteiger partial charge in [-0.3, -0.25) is 9.48 Å². The predicted molar refractivity (Wildman–Crippen MR) is 108 cm³/mol. The van der Waals surface area contributed by atoms with Crippen molar-refractivity contribution in [3.63, 3.8) is 0 Å². The van der Waals surface area contributed by atoms with Gasteiger partial charge in [0.2, 0.25) is 5.91 Å². The molecule has 1 aromatic heterocycles. The van der Waals surface area contributed by atoms with Crippen LogP contribution in [0.4, 0.5) is 0 Å². The van der Waals surface area contributed by atoms with Gasteiger partial charge in [0, 0.05) is 31.9 Å². The number of fused-ring (bicyclic) bond motifs is 1. The zero-order chi connectivity index (χ0) is 18.8. The Labute approximate surface area is 160 Å². The van der Waals surface area contributed by atoms with E-state index in [1.54, 1.807) is 10.9 Å². The first kappa shape index (κ1) is 17.7. The summed E-state index contributed by atoms with van der Waals surface area (Å²) in [7, 11) is 3.70. The third kappa shape index (κ3) is 3.47. The number of carbonyl (C=O) groups is 1. The topological polar surface area (TPSA) is 50.2 Å². The Morgan fingerprint density at radius 3 is 2.59 bits per heavy atom. The van der Waals surface area contributed by atoms with Crippen LogP contribution in [-0.2, 0) is 11.8 Å². The largest absolute Gasteiger partial charge is 0.341 e. The van der Waals surface area contributed by atoms with Crippen molar-refractivity contribution in [1.82, 2.24) is 20.0 Å². The molecule has 4 rings (SSSR count). The van der Waals surface area contributed by atoms with Crippen molar-refractivity contribution in [3.8, 4) is 0 Å². The molecule has 1 amide bonds. The molecule has 1 aliphatic rings. The predicted octanol–water partition coefficient (Wildman–Crippen LogP) is 3.24. The van der Waals surface area contributed by atoms with E-state index in [2.05, 4.69) is 52.9 Å². The number of hydrogen-bond acceptors (Lipinski definition) is 3. The lowest BCUT2D eigenvalue weighted by Crippen LogP contribution is -2.43. The Hall–Kier alpha value is -2.66. The molecule has 5 nitrogen and oxygen atoms in total. The Balaban J connectivity index is 1.47. The third-order valence-electron chi connectivity index (χ3n) is 5.66. The molecule has 0 spiro atoms. The molecule has 5 heteroatoms. The number of carbonyl (C=O) groups excluding carboxylic acids is 1. The Kier molecular flexibility index (Phi) is 4.94. The number of nitrogens with zero attached hydrogens (tertiary/aromatic N) is 3. The molecule has 1 aliphatic heterocycles. The maximum absolute atomic E-state index is 13.0. The number of rotatable bonds is 4. The number of likely N-dealkylation sites (tertiary alicyclic amines) is 1. The molecule has 1 fully saturated rings. The molecule has 1 N–H and O–H groups in total. The summed E-state index contributed by atoms with van der Waals surface area (Å²) in [5.74, 6) is 0.647. The first-order valence-electron chi connectivity index (χ1n) is 9.59. The maximum Gasteiger partial charge on any atom is 0.244 e. The lowest BCUT2D eigenvalue weighted by molar-refractivity contribution is -0.134. The highest BCUT2D eigenvalue weighted by molar-refractivity contribution is 5.86. The SMILES string of the molecule is CNC(C(=O)N1CCC(c2cccc3ccccc23)CC1)c1cnn(C)c1. The minimum absolute atomic E-state index is 0.141. The number of likely N-dealkylation sites (N-methyl/N-ethyl adjacent to an activating group) is 1. The van der Waals surface area contributed by atoms with Crippen molar-refractivity contribution in [3.05, 3.63) is 66.0 Å². The van der Waals surface area contributed by atoms with E-state index in [0.717, 1.165) is 31.5 Å². The highest BCUT2D eigenvalue weighted by Gasteiger charge is 2.30. The highest BCUT2D eigenvalue weighted by Crippen LogP contribution is 2.33. The van der Waals surface area contributed by atoms with Crippen LogP contribution in [0.1, 0.15) is 35.9 Å². The van der Waals surface area contributed by atoms with Crippen LogP contribution in [0.2, 0.25) is 0 Å². The molecular weight excluding hydrogens is 336 g/mol. The summed E-state index contributed by atoms with van der Waals surface area (Å²) >= 11 is 0. The minimum atomic E-state index is -0.326. The number of amides is 1. The summed E-state index contributed by atoms with van der Waals surface area (Å²) in [6, 6.07) is 14.8. The van der Waals surface area contributed by atoms with Gasteiger partial charge < -0.3 is 10.2 Å². The number of benzene rings is 2. The highest BCUT2D eigenvalue weighted by atomic mass is 16.2. The Bertz CT molecular complexity index is 935. The Morgan fingerprint density at radius 2 is 1.89 bits per heavy atom. The molecule has 1 atom stereocenters. The molecule has 2 aromatic carbocycles. The lowest BCUT2D eigenvalue weighted by Gasteiger charge is -2.34. The smallest absolute Gasteiger partial charge is 0.244 e. The Morgan fingerprint density at radius 1 is 1.15 bits per heavy atom. The summed E-state index contributed by atoms with van der Waals surface area (Å²) in [4.78, 5) is 15.0. The van der Waals surface area contributed by atoms with Gasteiger partial charge in [0.15, 0.2) is 0 Å². The zero-order valence-corrected chi connectivity index (χ0v) is 15.9. The fraction of sp³-hybridized carbons (Fsp3) is 0.364. The van der Waals surface area contributed by atoms with E-state index in [0.29, 0.717) is 5.92 Å². The summed E-state index contributed by atoms with van der Waals surface area (Å²) in [5, 5.41) is 9.98. The van der Waals surface area contributed by atoms with E-state index in [-0.39, 0.29) is 11.9 Å². The van der Waals surface area contributed by atoms with Crippen molar-refractivity contribution in [1.29, 1.82) is 0 Å². The molecule has 0 bridgehead atoms. The number of aromatic nitrogens is 2. The molecule has 27 heavy (non-hydrogen) atoms. The standard InChI is InChI=1S/C22H26N4O/c1-23-21(18-14-24-25(2)15-18)22(27)26-12-10-17(11-13-26)20-9-5-7-16-6-3-4-8-19(16)20/h3-9,14-15,17,21,23H,10-13H2,1-2H3. The molecule has 0 aliphatic carbocycles. The summed E-state index contributed by atoms with van der Waals surface area (Å²) in [6.45, 7) is 1.59. The lowest BCUT2D eigenvalue weighted by atomic mass is 9.86. The average Bonchev–Trinajstić information content (AvgIpc) is 3.14. The van der Waals surface area contributed by atoms with Crippen LogP contribution in [0, 0.1) is 0 Å². The van der Waals surface area contributed by atoms with Gasteiger partial charge in [-0.15, -0.1) is 0 Å². The molecule has 1 saturated heterocycles. The van der Waals surface area contributed by atoms with E-state index in [1.807, 2.05) is 25.2 Å². The molecular formula is C22H26N4O. The molecule has 2 heterocycles. The third-order valence-corrected chi connectivity index (χ3v) is 5.66. The quantitative estimate of drug-likeness (QED) is 0.775. The van der Waals surface area contributed by atoms with Gasteiger partial charge in [-0.2, -0.15) is 5.10 Å². The van der Waals surface area contributed by atoms with Crippen molar-refractivity contribution >= 4 is 16.7 Å². The van der Waals surface area contributed by atoms with E-state index in [9.17, 15) is 4.79 Å². The molecule has 3 aromatic rings. The zero-order valence-electron chi connectivity index (χ0n) is 15.9. The molecule has 0 saturated carbocycles. The fourth-order valence-electron chi connectivity index (χ4n) is 4.22. The summed E-state index contributed by atoms with van der Waals surface area (Å²) in [6.07, 6.45) is 5.68. The van der Waals surface area contributed by atoms with E-state index in [1.165, 1.54) is 16.3 Å². The average molecular weight is 362 g/mol. The van der Waals surface area contributed by atoms with Crippen LogP contribution < -0.4 is 5.32 Å². The van der Waals surface area contributed by atoms with Crippen LogP contribution in [-0.4, -0.2) is 40.7 Å². The second-order valence-corrected chi connectivity index (χ2v) is 7.34. The van der Waals surface area contributed by atoms with Crippen molar-refractivity contribution < 1.29 is 4.79 Å². The van der Waals surface area contributed by atoms with Crippen molar-refractivity contribution in [2.24, 2.45) is 7.05 Å². The van der Waals surface area contributed by atoms with Crippen LogP contribution in [0.3, 0.4) is 0 Å². The first-order chi connectivity index (χ1) is 13.2. The van der Waals surface area contributed by atoms with Crippen molar-refractivity contribution in [2.45, 2.75) is 24.8 Å². The molecule has 140 valence electrons. The maximum atomic E-state index is 13.0. The number of nitrogens with one attached hydrogen (secondary N) is 1. The van der Waals surface area contributed by atoms with Gasteiger partial charge in [-0.25, -0.2) is 0 Å². The van der Waals surface area contributed by atoms with Crippen LogP contribution in [0.5, 0.6) is 0 Å². The summed E-state index contributed by atoms with van der Waals surface area (Å²) in [5.41, 5.74) is 2.33. The first-order valence-corrected chi connectivity index (χ1v) is 9.59. The molecule has 1 unspecified atom stereocenters. The van der Waals surface area contributed by atoms with Gasteiger partial charge in [-0.1, -0.05) is 42.5 Å². The van der Waals surface area contributed by atoms with E-state index < -0.39 is 0 Å². The van der Waals surface area contributed by atoms with Crippen LogP contribution in [0.15, 0.2) is 54.9 Å². The fourth-order valence-corrected chi connectivity index (χ4v) is 4.22. The van der Waals surface area contributed by atoms with Gasteiger partial charge in [0.1, 0.15) is 6.04 Å². The number of piperidine rings is 1. The number of hydrogen-bond donors (Lipinski definition) is 1. The number of aryl methyl sites for hydroxylation is 1. The molecule has 0 radical (unpaired) electrons. The van der Waals surface area contributed by atoms with Crippen LogP contribution >= 0.6 is 0 Å². The second kappa shape index (κ2) is 7.53. The second-order valence-electron chi connectivity index (χ2n) is 7.34. The minimum Gasteiger partial charge on any atom is -0.341 e. The van der Waals surface area contributed by atoms with E-state index >= 15 is 0 Å². The normalized spacial score (nSPS) is 16.6. The van der Waals surface area contributed by atoms with Crippen LogP contribution in [0.25, 0.3) is 10.8 Å². The van der Waals surface area contributed by atoms with E-state index in [4.69, 9.17) is 0 Å². The van der Waals surface area contributed by atoms with Gasteiger partial charge in [-0.05, 0) is 42.1 Å². The van der Waals surface area contributed by atoms with Gasteiger partial charge >= 0.3 is 0 Å². The van der Waals surface area contributed by atoms with Crippen molar-refractivity contribution in [2.75, 3.05) is 20.1 Å². The summed E-state index contributed by atoms with van der Waals surface area (Å²) < 4.78 is 1.74. The monoisotopic (exact) mass is 362 g/mol. The van der Waals surface area contributed by atoms with Gasteiger partial charge in [0.05, 0.1) is 6.20 Å². The van der Waals surface area contributed by atoms with Gasteiger partial charge in [0.25, 0.3) is 0 Å².